The average Bonchev–Trinajstić information content (AvgIpc) is 2.24. The van der Waals surface area contributed by atoms with E-state index in [0.29, 0.717) is 25.7 Å². The number of rotatable bonds is 4. The van der Waals surface area contributed by atoms with E-state index in [1.54, 1.807) is 0 Å². The number of nitrogen functional groups attached to an aromatic ring is 1. The summed E-state index contributed by atoms with van der Waals surface area (Å²) in [5.41, 5.74) is 7.47. The summed E-state index contributed by atoms with van der Waals surface area (Å²) in [5, 5.41) is 12.0. The van der Waals surface area contributed by atoms with Crippen LogP contribution in [0.4, 0.5) is 5.69 Å². The third-order valence-electron chi connectivity index (χ3n) is 3.07. The third-order valence-corrected chi connectivity index (χ3v) is 3.07. The zero-order valence-corrected chi connectivity index (χ0v) is 9.73. The number of nitrogens with one attached hydrogen (secondary N) is 1. The quantitative estimate of drug-likeness (QED) is 0.676. The summed E-state index contributed by atoms with van der Waals surface area (Å²) in [5.74, 6) is 0.0457. The smallest absolute Gasteiger partial charge is 0.220 e. The highest BCUT2D eigenvalue weighted by atomic mass is 16.3. The number of amides is 1. The predicted octanol–water partition coefficient (Wildman–Crippen LogP) is 0.841. The molecule has 17 heavy (non-hydrogen) atoms. The van der Waals surface area contributed by atoms with Gasteiger partial charge in [0.25, 0.3) is 0 Å². The van der Waals surface area contributed by atoms with Gasteiger partial charge in [0.15, 0.2) is 0 Å². The minimum atomic E-state index is -0.228. The van der Waals surface area contributed by atoms with Crippen LogP contribution in [0.15, 0.2) is 24.3 Å². The molecule has 0 radical (unpaired) electrons. The Balaban J connectivity index is 1.72. The van der Waals surface area contributed by atoms with Crippen molar-refractivity contribution in [2.45, 2.75) is 37.8 Å². The molecular formula is C13H18N2O2. The van der Waals surface area contributed by atoms with Gasteiger partial charge in [-0.05, 0) is 37.0 Å². The van der Waals surface area contributed by atoms with Crippen LogP contribution in [0.2, 0.25) is 0 Å². The van der Waals surface area contributed by atoms with E-state index in [9.17, 15) is 4.79 Å². The van der Waals surface area contributed by atoms with Gasteiger partial charge in [-0.25, -0.2) is 0 Å². The van der Waals surface area contributed by atoms with Crippen molar-refractivity contribution in [2.24, 2.45) is 0 Å². The molecule has 0 heterocycles. The maximum Gasteiger partial charge on any atom is 0.220 e. The molecular weight excluding hydrogens is 216 g/mol. The van der Waals surface area contributed by atoms with Crippen LogP contribution >= 0.6 is 0 Å². The molecule has 4 N–H and O–H groups in total. The standard InChI is InChI=1S/C13H18N2O2/c14-10-3-1-2-9(6-10)4-5-13(17)15-11-7-12(16)8-11/h1-3,6,11-12,16H,4-5,7-8,14H2,(H,15,17). The number of benzene rings is 1. The van der Waals surface area contributed by atoms with Crippen molar-refractivity contribution in [3.63, 3.8) is 0 Å². The van der Waals surface area contributed by atoms with E-state index in [-0.39, 0.29) is 18.1 Å². The Labute approximate surface area is 101 Å². The van der Waals surface area contributed by atoms with Crippen LogP contribution in [0, 0.1) is 0 Å². The fraction of sp³-hybridized carbons (Fsp3) is 0.462. The predicted molar refractivity (Wildman–Crippen MR) is 66.3 cm³/mol. The molecule has 4 heteroatoms. The number of carbonyl (C=O) groups excluding carboxylic acids is 1. The number of aryl methyl sites for hydroxylation is 1. The monoisotopic (exact) mass is 234 g/mol. The van der Waals surface area contributed by atoms with Crippen molar-refractivity contribution in [3.05, 3.63) is 29.8 Å². The molecule has 0 saturated heterocycles. The van der Waals surface area contributed by atoms with E-state index >= 15 is 0 Å². The van der Waals surface area contributed by atoms with Crippen molar-refractivity contribution >= 4 is 11.6 Å². The van der Waals surface area contributed by atoms with Gasteiger partial charge >= 0.3 is 0 Å². The van der Waals surface area contributed by atoms with Crippen molar-refractivity contribution in [2.75, 3.05) is 5.73 Å². The highest BCUT2D eigenvalue weighted by Crippen LogP contribution is 2.19. The minimum absolute atomic E-state index is 0.0457. The molecule has 1 aliphatic carbocycles. The van der Waals surface area contributed by atoms with E-state index in [1.165, 1.54) is 0 Å². The van der Waals surface area contributed by atoms with Crippen LogP contribution in [0.5, 0.6) is 0 Å². The lowest BCUT2D eigenvalue weighted by Crippen LogP contribution is -2.46. The molecule has 92 valence electrons. The summed E-state index contributed by atoms with van der Waals surface area (Å²) in [6.07, 6.45) is 2.31. The Morgan fingerprint density at radius 3 is 2.88 bits per heavy atom. The van der Waals surface area contributed by atoms with E-state index in [0.717, 1.165) is 11.3 Å². The molecule has 0 spiro atoms. The number of hydrogen-bond donors (Lipinski definition) is 3. The first-order valence-electron chi connectivity index (χ1n) is 5.95. The molecule has 0 unspecified atom stereocenters. The fourth-order valence-electron chi connectivity index (χ4n) is 2.01. The SMILES string of the molecule is Nc1cccc(CCC(=O)NC2CC(O)C2)c1. The highest BCUT2D eigenvalue weighted by molar-refractivity contribution is 5.76. The van der Waals surface area contributed by atoms with Gasteiger partial charge in [0.1, 0.15) is 0 Å². The molecule has 1 aromatic rings. The molecule has 1 aromatic carbocycles. The minimum Gasteiger partial charge on any atom is -0.399 e. The first-order chi connectivity index (χ1) is 8.13. The maximum absolute atomic E-state index is 11.6. The largest absolute Gasteiger partial charge is 0.399 e. The Kier molecular flexibility index (Phi) is 3.64. The molecule has 0 aromatic heterocycles. The average molecular weight is 234 g/mol. The summed E-state index contributed by atoms with van der Waals surface area (Å²) < 4.78 is 0. The summed E-state index contributed by atoms with van der Waals surface area (Å²) in [6, 6.07) is 7.75. The summed E-state index contributed by atoms with van der Waals surface area (Å²) in [4.78, 5) is 11.6. The number of carbonyl (C=O) groups is 1. The topological polar surface area (TPSA) is 75.4 Å². The molecule has 1 amide bonds. The molecule has 1 fully saturated rings. The lowest BCUT2D eigenvalue weighted by atomic mass is 9.89. The summed E-state index contributed by atoms with van der Waals surface area (Å²) in [6.45, 7) is 0. The molecule has 4 nitrogen and oxygen atoms in total. The van der Waals surface area contributed by atoms with Gasteiger partial charge in [-0.3, -0.25) is 4.79 Å². The van der Waals surface area contributed by atoms with E-state index in [1.807, 2.05) is 24.3 Å². The Bertz CT molecular complexity index is 400. The Hall–Kier alpha value is -1.55. The van der Waals surface area contributed by atoms with Gasteiger partial charge in [0.2, 0.25) is 5.91 Å². The van der Waals surface area contributed by atoms with Gasteiger partial charge in [0.05, 0.1) is 6.10 Å². The number of hydrogen-bond acceptors (Lipinski definition) is 3. The highest BCUT2D eigenvalue weighted by Gasteiger charge is 2.27. The number of aliphatic hydroxyl groups excluding tert-OH is 1. The van der Waals surface area contributed by atoms with Crippen molar-refractivity contribution in [1.29, 1.82) is 0 Å². The molecule has 0 bridgehead atoms. The van der Waals surface area contributed by atoms with Crippen molar-refractivity contribution in [1.82, 2.24) is 5.32 Å². The molecule has 0 aliphatic heterocycles. The van der Waals surface area contributed by atoms with Crippen LogP contribution in [0.3, 0.4) is 0 Å². The second-order valence-corrected chi connectivity index (χ2v) is 4.63. The number of nitrogens with two attached hydrogens (primary N) is 1. The number of anilines is 1. The van der Waals surface area contributed by atoms with Gasteiger partial charge in [-0.2, -0.15) is 0 Å². The van der Waals surface area contributed by atoms with Crippen molar-refractivity contribution < 1.29 is 9.90 Å². The lowest BCUT2D eigenvalue weighted by molar-refractivity contribution is -0.123. The summed E-state index contributed by atoms with van der Waals surface area (Å²) in [7, 11) is 0. The fourth-order valence-corrected chi connectivity index (χ4v) is 2.01. The zero-order chi connectivity index (χ0) is 12.3. The van der Waals surface area contributed by atoms with E-state index in [4.69, 9.17) is 10.8 Å². The van der Waals surface area contributed by atoms with Crippen LogP contribution in [0.25, 0.3) is 0 Å². The first-order valence-corrected chi connectivity index (χ1v) is 5.95. The second kappa shape index (κ2) is 5.19. The maximum atomic E-state index is 11.6. The molecule has 1 saturated carbocycles. The Morgan fingerprint density at radius 2 is 2.24 bits per heavy atom. The molecule has 2 rings (SSSR count). The summed E-state index contributed by atoms with van der Waals surface area (Å²) >= 11 is 0. The van der Waals surface area contributed by atoms with Crippen LogP contribution in [-0.4, -0.2) is 23.2 Å². The normalized spacial score (nSPS) is 22.9. The first kappa shape index (κ1) is 11.9. The van der Waals surface area contributed by atoms with Gasteiger partial charge in [-0.15, -0.1) is 0 Å². The van der Waals surface area contributed by atoms with Crippen molar-refractivity contribution in [3.8, 4) is 0 Å². The van der Waals surface area contributed by atoms with Gasteiger partial charge in [-0.1, -0.05) is 12.1 Å². The van der Waals surface area contributed by atoms with Crippen LogP contribution < -0.4 is 11.1 Å². The molecule has 0 atom stereocenters. The third kappa shape index (κ3) is 3.46. The van der Waals surface area contributed by atoms with E-state index < -0.39 is 0 Å². The van der Waals surface area contributed by atoms with Gasteiger partial charge < -0.3 is 16.2 Å². The van der Waals surface area contributed by atoms with Crippen LogP contribution in [0.1, 0.15) is 24.8 Å². The lowest BCUT2D eigenvalue weighted by Gasteiger charge is -2.31. The van der Waals surface area contributed by atoms with Gasteiger partial charge in [0, 0.05) is 18.2 Å². The zero-order valence-electron chi connectivity index (χ0n) is 9.73. The van der Waals surface area contributed by atoms with E-state index in [2.05, 4.69) is 5.32 Å². The van der Waals surface area contributed by atoms with Crippen LogP contribution in [-0.2, 0) is 11.2 Å². The Morgan fingerprint density at radius 1 is 1.47 bits per heavy atom. The second-order valence-electron chi connectivity index (χ2n) is 4.63. The number of aliphatic hydroxyl groups is 1. The molecule has 1 aliphatic rings.